The van der Waals surface area contributed by atoms with Crippen LogP contribution in [0.5, 0.6) is 0 Å². The van der Waals surface area contributed by atoms with E-state index < -0.39 is 10.9 Å². The average Bonchev–Trinajstić information content (AvgIpc) is 3.12. The maximum absolute atomic E-state index is 12.9. The van der Waals surface area contributed by atoms with Gasteiger partial charge in [0.05, 0.1) is 10.5 Å². The molecule has 1 aromatic heterocycles. The van der Waals surface area contributed by atoms with Gasteiger partial charge in [-0.25, -0.2) is 4.79 Å². The number of carbonyl (C=O) groups excluding carboxylic acids is 1. The molecule has 1 aliphatic heterocycles. The quantitative estimate of drug-likeness (QED) is 0.318. The molecule has 0 bridgehead atoms. The maximum Gasteiger partial charge on any atom is 0.340 e. The van der Waals surface area contributed by atoms with E-state index in [0.29, 0.717) is 16.7 Å². The minimum absolute atomic E-state index is 0.0132. The van der Waals surface area contributed by atoms with Crippen molar-refractivity contribution in [2.24, 2.45) is 0 Å². The number of fused-ring (bicyclic) bond motifs is 1. The molecule has 2 aromatic carbocycles. The van der Waals surface area contributed by atoms with Crippen LogP contribution in [0.2, 0.25) is 0 Å². The van der Waals surface area contributed by atoms with Gasteiger partial charge in [0.25, 0.3) is 5.69 Å². The molecule has 4 rings (SSSR count). The molecule has 0 spiro atoms. The number of likely N-dealkylation sites (tertiary alicyclic amines) is 1. The van der Waals surface area contributed by atoms with Crippen molar-refractivity contribution in [2.75, 3.05) is 19.6 Å². The third-order valence-corrected chi connectivity index (χ3v) is 6.26. The van der Waals surface area contributed by atoms with Crippen molar-refractivity contribution in [3.63, 3.8) is 0 Å². The summed E-state index contributed by atoms with van der Waals surface area (Å²) in [5.74, 6) is -0.426. The van der Waals surface area contributed by atoms with E-state index in [1.807, 2.05) is 13.0 Å². The zero-order chi connectivity index (χ0) is 22.7. The molecule has 2 heterocycles. The molecular formula is C25H29N3O4. The monoisotopic (exact) mass is 435 g/mol. The van der Waals surface area contributed by atoms with Gasteiger partial charge in [0, 0.05) is 34.8 Å². The highest BCUT2D eigenvalue weighted by molar-refractivity contribution is 6.05. The van der Waals surface area contributed by atoms with Crippen LogP contribution in [0.25, 0.3) is 10.9 Å². The maximum atomic E-state index is 12.9. The number of hydrogen-bond acceptors (Lipinski definition) is 5. The summed E-state index contributed by atoms with van der Waals surface area (Å²) in [6.07, 6.45) is 4.82. The SMILES string of the molecule is Cc1ccc(COC(=O)c2c(C)[nH]c3ccc(CCN4CCCCC4)cc23)cc1[N+](=O)[O-]. The van der Waals surface area contributed by atoms with Gasteiger partial charge in [-0.15, -0.1) is 0 Å². The number of hydrogen-bond donors (Lipinski definition) is 1. The first kappa shape index (κ1) is 22.0. The van der Waals surface area contributed by atoms with Crippen LogP contribution < -0.4 is 0 Å². The summed E-state index contributed by atoms with van der Waals surface area (Å²) in [5, 5.41) is 12.0. The summed E-state index contributed by atoms with van der Waals surface area (Å²) in [4.78, 5) is 29.5. The summed E-state index contributed by atoms with van der Waals surface area (Å²) < 4.78 is 5.54. The van der Waals surface area contributed by atoms with Crippen molar-refractivity contribution in [1.29, 1.82) is 0 Å². The predicted molar refractivity (Wildman–Crippen MR) is 124 cm³/mol. The Morgan fingerprint density at radius 3 is 2.59 bits per heavy atom. The first-order valence-electron chi connectivity index (χ1n) is 11.2. The van der Waals surface area contributed by atoms with Crippen molar-refractivity contribution in [3.8, 4) is 0 Å². The van der Waals surface area contributed by atoms with Gasteiger partial charge >= 0.3 is 5.97 Å². The molecule has 1 aliphatic rings. The second-order valence-electron chi connectivity index (χ2n) is 8.61. The highest BCUT2D eigenvalue weighted by Crippen LogP contribution is 2.26. The van der Waals surface area contributed by atoms with Crippen LogP contribution in [0.15, 0.2) is 36.4 Å². The lowest BCUT2D eigenvalue weighted by atomic mass is 10.0. The Morgan fingerprint density at radius 1 is 1.09 bits per heavy atom. The summed E-state index contributed by atoms with van der Waals surface area (Å²) in [5.41, 5.74) is 4.59. The van der Waals surface area contributed by atoms with E-state index in [2.05, 4.69) is 22.0 Å². The second kappa shape index (κ2) is 9.53. The number of ether oxygens (including phenoxy) is 1. The van der Waals surface area contributed by atoms with Crippen LogP contribution in [0, 0.1) is 24.0 Å². The summed E-state index contributed by atoms with van der Waals surface area (Å²) in [7, 11) is 0. The van der Waals surface area contributed by atoms with Gasteiger partial charge in [-0.1, -0.05) is 24.6 Å². The minimum atomic E-state index is -0.426. The number of aryl methyl sites for hydroxylation is 2. The highest BCUT2D eigenvalue weighted by atomic mass is 16.6. The molecule has 0 aliphatic carbocycles. The standard InChI is InChI=1S/C25H29N3O4/c1-17-6-7-20(15-23(17)28(30)31)16-32-25(29)24-18(2)26-22-9-8-19(14-21(22)24)10-13-27-11-4-3-5-12-27/h6-9,14-15,26H,3-5,10-13,16H2,1-2H3. The number of nitrogens with one attached hydrogen (secondary N) is 1. The van der Waals surface area contributed by atoms with E-state index in [0.717, 1.165) is 29.6 Å². The Bertz CT molecular complexity index is 1150. The van der Waals surface area contributed by atoms with Gasteiger partial charge in [-0.2, -0.15) is 0 Å². The molecule has 1 N–H and O–H groups in total. The summed E-state index contributed by atoms with van der Waals surface area (Å²) in [6.45, 7) is 6.90. The van der Waals surface area contributed by atoms with Crippen LogP contribution in [-0.4, -0.2) is 40.4 Å². The largest absolute Gasteiger partial charge is 0.457 e. The lowest BCUT2D eigenvalue weighted by Crippen LogP contribution is -2.31. The second-order valence-corrected chi connectivity index (χ2v) is 8.61. The van der Waals surface area contributed by atoms with Gasteiger partial charge in [-0.05, 0) is 69.5 Å². The van der Waals surface area contributed by atoms with Crippen LogP contribution in [0.4, 0.5) is 5.69 Å². The Hall–Kier alpha value is -3.19. The number of H-pyrrole nitrogens is 1. The van der Waals surface area contributed by atoms with Crippen molar-refractivity contribution >= 4 is 22.6 Å². The fourth-order valence-corrected chi connectivity index (χ4v) is 4.43. The third-order valence-electron chi connectivity index (χ3n) is 6.26. The van der Waals surface area contributed by atoms with E-state index in [1.165, 1.54) is 44.0 Å². The molecule has 7 nitrogen and oxygen atoms in total. The van der Waals surface area contributed by atoms with Crippen molar-refractivity contribution in [1.82, 2.24) is 9.88 Å². The Balaban J connectivity index is 1.48. The first-order chi connectivity index (χ1) is 15.4. The molecule has 1 saturated heterocycles. The summed E-state index contributed by atoms with van der Waals surface area (Å²) in [6, 6.07) is 11.1. The number of nitro benzene ring substituents is 1. The highest BCUT2D eigenvalue weighted by Gasteiger charge is 2.19. The average molecular weight is 436 g/mol. The lowest BCUT2D eigenvalue weighted by molar-refractivity contribution is -0.385. The minimum Gasteiger partial charge on any atom is -0.457 e. The molecule has 3 aromatic rings. The van der Waals surface area contributed by atoms with E-state index in [-0.39, 0.29) is 12.3 Å². The van der Waals surface area contributed by atoms with E-state index >= 15 is 0 Å². The normalized spacial score (nSPS) is 14.6. The molecule has 0 unspecified atom stereocenters. The van der Waals surface area contributed by atoms with Gasteiger partial charge in [0.2, 0.25) is 0 Å². The third kappa shape index (κ3) is 4.83. The van der Waals surface area contributed by atoms with Crippen molar-refractivity contribution in [3.05, 3.63) is 74.5 Å². The number of aromatic amines is 1. The topological polar surface area (TPSA) is 88.5 Å². The van der Waals surface area contributed by atoms with Crippen LogP contribution in [0.1, 0.15) is 52.0 Å². The molecule has 1 fully saturated rings. The number of aromatic nitrogens is 1. The first-order valence-corrected chi connectivity index (χ1v) is 11.2. The molecule has 0 radical (unpaired) electrons. The summed E-state index contributed by atoms with van der Waals surface area (Å²) >= 11 is 0. The Morgan fingerprint density at radius 2 is 1.84 bits per heavy atom. The smallest absolute Gasteiger partial charge is 0.340 e. The lowest BCUT2D eigenvalue weighted by Gasteiger charge is -2.26. The Kier molecular flexibility index (Phi) is 6.55. The van der Waals surface area contributed by atoms with E-state index in [4.69, 9.17) is 4.74 Å². The number of rotatable bonds is 7. The molecule has 0 amide bonds. The molecule has 168 valence electrons. The van der Waals surface area contributed by atoms with Crippen LogP contribution >= 0.6 is 0 Å². The van der Waals surface area contributed by atoms with E-state index in [1.54, 1.807) is 19.1 Å². The Labute approximate surface area is 187 Å². The molecule has 32 heavy (non-hydrogen) atoms. The fraction of sp³-hybridized carbons (Fsp3) is 0.400. The van der Waals surface area contributed by atoms with Gasteiger partial charge in [0.15, 0.2) is 0 Å². The van der Waals surface area contributed by atoms with Gasteiger partial charge in [0.1, 0.15) is 6.61 Å². The predicted octanol–water partition coefficient (Wildman–Crippen LogP) is 5.08. The fourth-order valence-electron chi connectivity index (χ4n) is 4.43. The van der Waals surface area contributed by atoms with Crippen molar-refractivity contribution in [2.45, 2.75) is 46.1 Å². The van der Waals surface area contributed by atoms with Crippen molar-refractivity contribution < 1.29 is 14.5 Å². The zero-order valence-electron chi connectivity index (χ0n) is 18.6. The van der Waals surface area contributed by atoms with Crippen LogP contribution in [-0.2, 0) is 17.8 Å². The number of piperidine rings is 1. The zero-order valence-corrected chi connectivity index (χ0v) is 18.6. The molecule has 0 saturated carbocycles. The molecule has 7 heteroatoms. The molecular weight excluding hydrogens is 406 g/mol. The number of esters is 1. The number of nitrogens with zero attached hydrogens (tertiary/aromatic N) is 2. The van der Waals surface area contributed by atoms with Crippen LogP contribution in [0.3, 0.4) is 0 Å². The van der Waals surface area contributed by atoms with Gasteiger partial charge in [-0.3, -0.25) is 10.1 Å². The molecule has 0 atom stereocenters. The number of nitro groups is 1. The number of benzene rings is 2. The van der Waals surface area contributed by atoms with E-state index in [9.17, 15) is 14.9 Å². The van der Waals surface area contributed by atoms with Gasteiger partial charge < -0.3 is 14.6 Å². The number of carbonyl (C=O) groups is 1.